The second kappa shape index (κ2) is 6.55. The molecule has 2 atom stereocenters. The highest BCUT2D eigenvalue weighted by Gasteiger charge is 2.31. The maximum Gasteiger partial charge on any atom is 0.226 e. The van der Waals surface area contributed by atoms with E-state index in [1.807, 2.05) is 0 Å². The van der Waals surface area contributed by atoms with Crippen LogP contribution in [0.2, 0.25) is 0 Å². The Hall–Kier alpha value is -0.570. The van der Waals surface area contributed by atoms with Gasteiger partial charge in [-0.15, -0.1) is 0 Å². The molecule has 3 nitrogen and oxygen atoms in total. The van der Waals surface area contributed by atoms with E-state index in [0.29, 0.717) is 18.0 Å². The number of hydrogen-bond donors (Lipinski definition) is 1. The first kappa shape index (κ1) is 13.9. The highest BCUT2D eigenvalue weighted by atomic mass is 16.2. The second-order valence-electron chi connectivity index (χ2n) is 5.99. The van der Waals surface area contributed by atoms with Gasteiger partial charge < -0.3 is 10.2 Å². The van der Waals surface area contributed by atoms with Gasteiger partial charge in [0.05, 0.1) is 0 Å². The first-order valence-electron chi connectivity index (χ1n) is 7.76. The fourth-order valence-electron chi connectivity index (χ4n) is 3.58. The molecule has 1 N–H and O–H groups in total. The fraction of sp³-hybridized carbons (Fsp3) is 0.933. The van der Waals surface area contributed by atoms with Crippen molar-refractivity contribution in [3.05, 3.63) is 0 Å². The van der Waals surface area contributed by atoms with Gasteiger partial charge in [0, 0.05) is 24.5 Å². The summed E-state index contributed by atoms with van der Waals surface area (Å²) in [7, 11) is 0. The standard InChI is InChI=1S/C15H28N2O/c1-3-17(14-7-5-4-6-8-14)15(18)13-9-10-16-12(2)11-13/h12-14,16H,3-11H2,1-2H3/t12-,13-/m0/s1. The Bertz CT molecular complexity index is 274. The van der Waals surface area contributed by atoms with Gasteiger partial charge in [-0.2, -0.15) is 0 Å². The molecule has 1 heterocycles. The monoisotopic (exact) mass is 252 g/mol. The van der Waals surface area contributed by atoms with Crippen molar-refractivity contribution in [1.29, 1.82) is 0 Å². The van der Waals surface area contributed by atoms with Crippen molar-refractivity contribution < 1.29 is 4.79 Å². The lowest BCUT2D eigenvalue weighted by atomic mass is 9.89. The summed E-state index contributed by atoms with van der Waals surface area (Å²) in [6, 6.07) is 1.03. The molecule has 0 aromatic heterocycles. The Morgan fingerprint density at radius 1 is 1.22 bits per heavy atom. The highest BCUT2D eigenvalue weighted by Crippen LogP contribution is 2.26. The van der Waals surface area contributed by atoms with Gasteiger partial charge in [-0.05, 0) is 46.1 Å². The molecule has 3 heteroatoms. The Morgan fingerprint density at radius 3 is 2.56 bits per heavy atom. The van der Waals surface area contributed by atoms with Crippen molar-refractivity contribution in [3.8, 4) is 0 Å². The summed E-state index contributed by atoms with van der Waals surface area (Å²) in [5.41, 5.74) is 0. The van der Waals surface area contributed by atoms with Crippen molar-refractivity contribution >= 4 is 5.91 Å². The van der Waals surface area contributed by atoms with Crippen LogP contribution >= 0.6 is 0 Å². The van der Waals surface area contributed by atoms with Gasteiger partial charge in [0.15, 0.2) is 0 Å². The predicted molar refractivity (Wildman–Crippen MR) is 74.4 cm³/mol. The van der Waals surface area contributed by atoms with E-state index in [4.69, 9.17) is 0 Å². The smallest absolute Gasteiger partial charge is 0.226 e. The summed E-state index contributed by atoms with van der Waals surface area (Å²) in [6.07, 6.45) is 8.44. The molecule has 18 heavy (non-hydrogen) atoms. The van der Waals surface area contributed by atoms with E-state index in [-0.39, 0.29) is 5.92 Å². The SMILES string of the molecule is CCN(C(=O)[C@H]1CCN[C@@H](C)C1)C1CCCCC1. The van der Waals surface area contributed by atoms with Crippen LogP contribution in [0, 0.1) is 5.92 Å². The van der Waals surface area contributed by atoms with Crippen molar-refractivity contribution in [2.75, 3.05) is 13.1 Å². The summed E-state index contributed by atoms with van der Waals surface area (Å²) in [5.74, 6) is 0.695. The predicted octanol–water partition coefficient (Wildman–Crippen LogP) is 2.56. The first-order valence-corrected chi connectivity index (χ1v) is 7.76. The zero-order valence-corrected chi connectivity index (χ0v) is 12.0. The maximum atomic E-state index is 12.7. The van der Waals surface area contributed by atoms with Gasteiger partial charge in [-0.3, -0.25) is 4.79 Å². The number of amides is 1. The zero-order valence-electron chi connectivity index (χ0n) is 12.0. The topological polar surface area (TPSA) is 32.3 Å². The normalized spacial score (nSPS) is 30.1. The van der Waals surface area contributed by atoms with Gasteiger partial charge in [0.25, 0.3) is 0 Å². The molecule has 2 aliphatic rings. The number of rotatable bonds is 3. The third-order valence-electron chi connectivity index (χ3n) is 4.61. The Balaban J connectivity index is 1.95. The Morgan fingerprint density at radius 2 is 1.94 bits per heavy atom. The minimum Gasteiger partial charge on any atom is -0.340 e. The molecule has 0 spiro atoms. The molecular formula is C15H28N2O. The number of carbonyl (C=O) groups is 1. The number of carbonyl (C=O) groups excluding carboxylic acids is 1. The maximum absolute atomic E-state index is 12.7. The molecule has 104 valence electrons. The quantitative estimate of drug-likeness (QED) is 0.837. The van der Waals surface area contributed by atoms with Crippen LogP contribution in [0.25, 0.3) is 0 Å². The van der Waals surface area contributed by atoms with Gasteiger partial charge >= 0.3 is 0 Å². The van der Waals surface area contributed by atoms with Gasteiger partial charge in [0.1, 0.15) is 0 Å². The van der Waals surface area contributed by atoms with E-state index in [2.05, 4.69) is 24.1 Å². The van der Waals surface area contributed by atoms with Gasteiger partial charge in [-0.25, -0.2) is 0 Å². The lowest BCUT2D eigenvalue weighted by Crippen LogP contribution is -2.48. The largest absolute Gasteiger partial charge is 0.340 e. The van der Waals surface area contributed by atoms with Crippen LogP contribution in [-0.2, 0) is 4.79 Å². The average Bonchev–Trinajstić information content (AvgIpc) is 2.41. The van der Waals surface area contributed by atoms with E-state index in [1.165, 1.54) is 32.1 Å². The van der Waals surface area contributed by atoms with Crippen molar-refractivity contribution in [3.63, 3.8) is 0 Å². The first-order chi connectivity index (χ1) is 8.72. The molecule has 1 saturated carbocycles. The molecule has 1 aliphatic heterocycles. The molecule has 1 amide bonds. The molecule has 2 rings (SSSR count). The van der Waals surface area contributed by atoms with Crippen LogP contribution < -0.4 is 5.32 Å². The summed E-state index contributed by atoms with van der Waals surface area (Å²) >= 11 is 0. The van der Waals surface area contributed by atoms with E-state index in [1.54, 1.807) is 0 Å². The highest BCUT2D eigenvalue weighted by molar-refractivity contribution is 5.79. The second-order valence-corrected chi connectivity index (χ2v) is 5.99. The molecular weight excluding hydrogens is 224 g/mol. The molecule has 0 unspecified atom stereocenters. The van der Waals surface area contributed by atoms with Crippen molar-refractivity contribution in [1.82, 2.24) is 10.2 Å². The third kappa shape index (κ3) is 3.25. The lowest BCUT2D eigenvalue weighted by Gasteiger charge is -2.38. The minimum absolute atomic E-state index is 0.267. The zero-order chi connectivity index (χ0) is 13.0. The van der Waals surface area contributed by atoms with Crippen LogP contribution in [0.15, 0.2) is 0 Å². The molecule has 2 fully saturated rings. The Labute approximate surface area is 111 Å². The van der Waals surface area contributed by atoms with Crippen LogP contribution in [0.1, 0.15) is 58.8 Å². The number of nitrogens with one attached hydrogen (secondary N) is 1. The summed E-state index contributed by atoms with van der Waals surface area (Å²) in [4.78, 5) is 14.9. The fourth-order valence-corrected chi connectivity index (χ4v) is 3.58. The van der Waals surface area contributed by atoms with Gasteiger partial charge in [-0.1, -0.05) is 19.3 Å². The van der Waals surface area contributed by atoms with E-state index in [0.717, 1.165) is 25.9 Å². The molecule has 0 aromatic rings. The number of piperidine rings is 1. The van der Waals surface area contributed by atoms with Crippen LogP contribution in [-0.4, -0.2) is 36.0 Å². The molecule has 0 radical (unpaired) electrons. The number of nitrogens with zero attached hydrogens (tertiary/aromatic N) is 1. The summed E-state index contributed by atoms with van der Waals surface area (Å²) in [6.45, 7) is 6.22. The van der Waals surface area contributed by atoms with Crippen LogP contribution in [0.5, 0.6) is 0 Å². The average molecular weight is 252 g/mol. The van der Waals surface area contributed by atoms with E-state index < -0.39 is 0 Å². The summed E-state index contributed by atoms with van der Waals surface area (Å²) < 4.78 is 0. The minimum atomic E-state index is 0.267. The van der Waals surface area contributed by atoms with Crippen molar-refractivity contribution in [2.24, 2.45) is 5.92 Å². The van der Waals surface area contributed by atoms with Gasteiger partial charge in [0.2, 0.25) is 5.91 Å². The third-order valence-corrected chi connectivity index (χ3v) is 4.61. The van der Waals surface area contributed by atoms with Crippen LogP contribution in [0.3, 0.4) is 0 Å². The molecule has 1 aliphatic carbocycles. The van der Waals surface area contributed by atoms with E-state index >= 15 is 0 Å². The number of hydrogen-bond acceptors (Lipinski definition) is 2. The molecule has 1 saturated heterocycles. The molecule has 0 aromatic carbocycles. The lowest BCUT2D eigenvalue weighted by molar-refractivity contribution is -0.139. The molecule has 0 bridgehead atoms. The summed E-state index contributed by atoms with van der Waals surface area (Å²) in [5, 5.41) is 3.43. The van der Waals surface area contributed by atoms with Crippen LogP contribution in [0.4, 0.5) is 0 Å². The van der Waals surface area contributed by atoms with E-state index in [9.17, 15) is 4.79 Å². The van der Waals surface area contributed by atoms with Crippen molar-refractivity contribution in [2.45, 2.75) is 70.9 Å². The Kier molecular flexibility index (Phi) is 5.04.